The minimum atomic E-state index is -1.31. The number of aliphatic hydroxyl groups is 2. The van der Waals surface area contributed by atoms with E-state index in [1.54, 1.807) is 6.92 Å². The molecule has 0 unspecified atom stereocenters. The normalized spacial score (nSPS) is 14.1. The zero-order valence-electron chi connectivity index (χ0n) is 62.1. The first-order valence-electron chi connectivity index (χ1n) is 36.5. The number of carbonyl (C=O) groups is 10. The highest BCUT2D eigenvalue weighted by Crippen LogP contribution is 2.24. The maximum atomic E-state index is 14.1. The van der Waals surface area contributed by atoms with Crippen molar-refractivity contribution >= 4 is 82.4 Å². The molecular weight excluding hydrogens is 1280 g/mol. The topological polar surface area (TPSA) is 555 Å². The summed E-state index contributed by atoms with van der Waals surface area (Å²) in [7, 11) is 1.49. The second-order valence-corrected chi connectivity index (χ2v) is 27.4. The lowest BCUT2D eigenvalue weighted by molar-refractivity contribution is -0.136. The van der Waals surface area contributed by atoms with Gasteiger partial charge < -0.3 is 88.4 Å². The molecule has 0 aliphatic rings. The average Bonchev–Trinajstić information content (AvgIpc) is 0.877. The van der Waals surface area contributed by atoms with Crippen LogP contribution in [-0.4, -0.2) is 163 Å². The van der Waals surface area contributed by atoms with Gasteiger partial charge in [0.15, 0.2) is 41.2 Å². The Kier molecular flexibility index (Phi) is 54.0. The largest absolute Gasteiger partial charge is 0.396 e. The van der Waals surface area contributed by atoms with Crippen LogP contribution in [0, 0.1) is 47.3 Å². The van der Waals surface area contributed by atoms with Crippen LogP contribution in [0.4, 0.5) is 0 Å². The number of nitrogens with zero attached hydrogens (tertiary/aromatic N) is 4. The van der Waals surface area contributed by atoms with E-state index in [1.165, 1.54) is 64.8 Å². The fourth-order valence-electron chi connectivity index (χ4n) is 11.3. The van der Waals surface area contributed by atoms with Gasteiger partial charge in [0.25, 0.3) is 0 Å². The van der Waals surface area contributed by atoms with Gasteiger partial charge in [-0.1, -0.05) is 139 Å². The van der Waals surface area contributed by atoms with Gasteiger partial charge >= 0.3 is 0 Å². The molecule has 0 aromatic rings. The molecule has 0 spiro atoms. The lowest BCUT2D eigenvalue weighted by Crippen LogP contribution is -2.52. The third-order valence-electron chi connectivity index (χ3n) is 17.5. The summed E-state index contributed by atoms with van der Waals surface area (Å²) >= 11 is 0. The van der Waals surface area contributed by atoms with Crippen LogP contribution in [0.2, 0.25) is 0 Å². The molecule has 0 aliphatic heterocycles. The van der Waals surface area contributed by atoms with Crippen molar-refractivity contribution in [1.82, 2.24) is 26.6 Å². The first-order chi connectivity index (χ1) is 47.3. The SMILES string of the molecule is CC(C)C[C@H](NC(=O)[C@H](CO)CC(=O)[C@@H](C)CCCN=C(N)N)C(=O)C[C@@H](CCCN=C(N)N)C(N)=O.CCCCCCCCCCCCCCCC(=O)N[C@@H](CCCN=C(N)N)C(=O)N[C@@H](CC(C)C)C(=O)C[C@@H](CCCN=C(N)N)C(=O)N[C@@H](CO)C(=O)C[C@H](C(=O)NC)[C@@H](C)CC. The fourth-order valence-corrected chi connectivity index (χ4v) is 11.3. The van der Waals surface area contributed by atoms with Gasteiger partial charge in [-0.25, -0.2) is 0 Å². The number of ketones is 4. The van der Waals surface area contributed by atoms with Gasteiger partial charge in [-0.3, -0.25) is 67.9 Å². The minimum Gasteiger partial charge on any atom is -0.396 e. The highest BCUT2D eigenvalue weighted by Gasteiger charge is 2.35. The highest BCUT2D eigenvalue weighted by atomic mass is 16.3. The zero-order chi connectivity index (χ0) is 76.1. The van der Waals surface area contributed by atoms with Crippen molar-refractivity contribution in [2.24, 2.45) is 119 Å². The van der Waals surface area contributed by atoms with Crippen LogP contribution in [0.15, 0.2) is 20.0 Å². The number of hydrogen-bond acceptors (Lipinski definition) is 16. The van der Waals surface area contributed by atoms with E-state index >= 15 is 0 Å². The lowest BCUT2D eigenvalue weighted by atomic mass is 9.85. The summed E-state index contributed by atoms with van der Waals surface area (Å²) < 4.78 is 0. The van der Waals surface area contributed by atoms with E-state index < -0.39 is 96.2 Å². The van der Waals surface area contributed by atoms with Crippen LogP contribution >= 0.6 is 0 Å². The van der Waals surface area contributed by atoms with Crippen LogP contribution in [0.25, 0.3) is 0 Å². The number of carbonyl (C=O) groups excluding carboxylic acids is 10. The molecule has 30 heteroatoms. The minimum absolute atomic E-state index is 0.0189. The molecule has 0 bridgehead atoms. The average molecular weight is 1420 g/mol. The first kappa shape index (κ1) is 94.6. The van der Waals surface area contributed by atoms with Gasteiger partial charge in [-0.05, 0) is 88.4 Å². The van der Waals surface area contributed by atoms with Crippen molar-refractivity contribution in [3.63, 3.8) is 0 Å². The van der Waals surface area contributed by atoms with E-state index in [-0.39, 0.29) is 135 Å². The van der Waals surface area contributed by atoms with Crippen LogP contribution < -0.4 is 78.2 Å². The number of nitrogens with two attached hydrogens (primary N) is 9. The number of hydrogen-bond donors (Lipinski definition) is 16. The summed E-state index contributed by atoms with van der Waals surface area (Å²) in [6.45, 7) is 15.2. The van der Waals surface area contributed by atoms with Gasteiger partial charge in [0.2, 0.25) is 35.4 Å². The van der Waals surface area contributed by atoms with Gasteiger partial charge in [0.05, 0.1) is 31.2 Å². The van der Waals surface area contributed by atoms with Crippen molar-refractivity contribution in [2.75, 3.05) is 46.4 Å². The van der Waals surface area contributed by atoms with E-state index in [9.17, 15) is 58.2 Å². The Labute approximate surface area is 596 Å². The zero-order valence-corrected chi connectivity index (χ0v) is 62.1. The van der Waals surface area contributed by atoms with Crippen LogP contribution in [0.1, 0.15) is 242 Å². The Morgan fingerprint density at radius 1 is 0.380 bits per heavy atom. The Bertz CT molecular complexity index is 2520. The van der Waals surface area contributed by atoms with E-state index in [0.717, 1.165) is 19.3 Å². The van der Waals surface area contributed by atoms with Gasteiger partial charge in [-0.15, -0.1) is 0 Å². The molecule has 0 heterocycles. The van der Waals surface area contributed by atoms with Crippen molar-refractivity contribution in [3.8, 4) is 0 Å². The predicted molar refractivity (Wildman–Crippen MR) is 395 cm³/mol. The summed E-state index contributed by atoms with van der Waals surface area (Å²) in [5.74, 6) is -8.55. The summed E-state index contributed by atoms with van der Waals surface area (Å²) in [5.41, 5.74) is 48.6. The molecule has 10 atom stereocenters. The predicted octanol–water partition coefficient (Wildman–Crippen LogP) is 2.90. The molecule has 0 aromatic heterocycles. The smallest absolute Gasteiger partial charge is 0.243 e. The van der Waals surface area contributed by atoms with Gasteiger partial charge in [-0.2, -0.15) is 0 Å². The molecule has 576 valence electrons. The Balaban J connectivity index is 0. The second-order valence-electron chi connectivity index (χ2n) is 27.4. The Hall–Kier alpha value is -7.50. The number of rotatable bonds is 59. The van der Waals surface area contributed by atoms with Crippen molar-refractivity contribution < 1.29 is 58.2 Å². The van der Waals surface area contributed by atoms with Crippen LogP contribution in [-0.2, 0) is 47.9 Å². The molecule has 100 heavy (non-hydrogen) atoms. The lowest BCUT2D eigenvalue weighted by Gasteiger charge is -2.26. The van der Waals surface area contributed by atoms with Crippen molar-refractivity contribution in [3.05, 3.63) is 0 Å². The van der Waals surface area contributed by atoms with Gasteiger partial charge in [0.1, 0.15) is 17.9 Å². The molecule has 0 aliphatic carbocycles. The summed E-state index contributed by atoms with van der Waals surface area (Å²) in [5, 5.41) is 33.6. The summed E-state index contributed by atoms with van der Waals surface area (Å²) in [6.07, 6.45) is 19.0. The van der Waals surface area contributed by atoms with Crippen LogP contribution in [0.3, 0.4) is 0 Å². The number of primary amides is 1. The molecule has 0 saturated carbocycles. The monoisotopic (exact) mass is 1420 g/mol. The summed E-state index contributed by atoms with van der Waals surface area (Å²) in [6, 6.07) is -4.14. The molecule has 0 saturated heterocycles. The third-order valence-corrected chi connectivity index (χ3v) is 17.5. The van der Waals surface area contributed by atoms with E-state index in [4.69, 9.17) is 51.6 Å². The second kappa shape index (κ2) is 57.2. The maximum Gasteiger partial charge on any atom is 0.243 e. The number of unbranched alkanes of at least 4 members (excludes halogenated alkanes) is 12. The molecular formula is C70H134N18O12. The van der Waals surface area contributed by atoms with Crippen LogP contribution in [0.5, 0.6) is 0 Å². The third kappa shape index (κ3) is 47.5. The fraction of sp³-hybridized carbons (Fsp3) is 0.800. The number of amides is 6. The standard InChI is InChI=1S/C46H88N10O7.C24H46N8O5/c1-7-9-10-11-12-13-14-15-16-17-18-19-20-25-41(60)54-36(24-22-27-53-46(49)50)44(63)55-37(28-32(3)4)39(58)29-34(23-21-26-52-45(47)48)42(61)56-38(31-57)40(59)30-35(33(5)8-2)43(62)51-6;1-14(2)10-18(20(35)11-16(21(25)36)7-5-9-31-24(28)29)32-22(37)17(13-33)12-19(34)15(3)6-4-8-30-23(26)27/h32-38,57H,7-31H2,1-6H3,(H,51,62)(H,54,60)(H,55,63)(H,56,61)(H4,47,48,52)(H4,49,50,53);14-18,33H,4-13H2,1-3H3,(H2,25,36)(H,32,37)(H4,26,27,30)(H4,28,29,31)/t33-,34+,35-,36-,37-,38-;15-,16+,17-,18-/m00/s1. The number of guanidine groups is 4. The summed E-state index contributed by atoms with van der Waals surface area (Å²) in [4.78, 5) is 147. The number of nitrogens with one attached hydrogen (secondary N) is 5. The molecule has 6 amide bonds. The number of aliphatic imine (C=N–C) groups is 4. The van der Waals surface area contributed by atoms with Gasteiger partial charge in [0, 0.05) is 89.0 Å². The van der Waals surface area contributed by atoms with Crippen molar-refractivity contribution in [2.45, 2.75) is 266 Å². The molecule has 0 fully saturated rings. The van der Waals surface area contributed by atoms with Crippen molar-refractivity contribution in [1.29, 1.82) is 0 Å². The Morgan fingerprint density at radius 2 is 0.760 bits per heavy atom. The molecule has 0 radical (unpaired) electrons. The molecule has 0 aromatic carbocycles. The highest BCUT2D eigenvalue weighted by molar-refractivity contribution is 5.97. The van der Waals surface area contributed by atoms with E-state index in [2.05, 4.69) is 53.5 Å². The van der Waals surface area contributed by atoms with E-state index in [0.29, 0.717) is 70.9 Å². The maximum absolute atomic E-state index is 14.1. The number of aliphatic hydroxyl groups excluding tert-OH is 2. The quantitative estimate of drug-likeness (QED) is 0.0236. The van der Waals surface area contributed by atoms with E-state index in [1.807, 2.05) is 41.5 Å². The molecule has 25 N–H and O–H groups in total. The molecule has 30 nitrogen and oxygen atoms in total. The Morgan fingerprint density at radius 3 is 1.17 bits per heavy atom. The number of Topliss-reactive ketones (excluding diaryl/α,β-unsaturated/α-hetero) is 4. The first-order valence-corrected chi connectivity index (χ1v) is 36.5. The molecule has 0 rings (SSSR count).